The van der Waals surface area contributed by atoms with Crippen molar-refractivity contribution in [1.82, 2.24) is 5.32 Å². The molecule has 1 atom stereocenters. The molecular weight excluding hydrogens is 268 g/mol. The van der Waals surface area contributed by atoms with Gasteiger partial charge in [0.25, 0.3) is 5.69 Å². The number of hydrogen-bond acceptors (Lipinski definition) is 4. The van der Waals surface area contributed by atoms with E-state index in [0.29, 0.717) is 18.3 Å². The number of hydrogen-bond donors (Lipinski definition) is 1. The van der Waals surface area contributed by atoms with Gasteiger partial charge in [0.15, 0.2) is 0 Å². The Bertz CT molecular complexity index is 449. The van der Waals surface area contributed by atoms with E-state index in [1.54, 1.807) is 6.07 Å². The van der Waals surface area contributed by atoms with Crippen molar-refractivity contribution in [2.24, 2.45) is 0 Å². The fourth-order valence-corrected chi connectivity index (χ4v) is 2.24. The van der Waals surface area contributed by atoms with E-state index in [4.69, 9.17) is 4.74 Å². The normalized spacial score (nSPS) is 12.1. The molecule has 0 aromatic heterocycles. The van der Waals surface area contributed by atoms with E-state index in [-0.39, 0.29) is 10.6 Å². The topological polar surface area (TPSA) is 64.4 Å². The number of unbranched alkanes of at least 4 members (excludes halogenated alkanes) is 3. The molecule has 5 nitrogen and oxygen atoms in total. The number of rotatable bonds is 10. The average Bonchev–Trinajstić information content (AvgIpc) is 2.49. The first kappa shape index (κ1) is 17.4. The van der Waals surface area contributed by atoms with Crippen LogP contribution >= 0.6 is 0 Å². The standard InChI is InChI=1S/C16H26N2O3/c1-4-5-6-7-8-13(2)17-12-14-9-15(18(19)20)11-16(10-14)21-3/h9-11,13,17H,4-8,12H2,1-3H3. The maximum Gasteiger partial charge on any atom is 0.273 e. The first-order valence-corrected chi connectivity index (χ1v) is 7.62. The molecule has 0 aliphatic rings. The summed E-state index contributed by atoms with van der Waals surface area (Å²) >= 11 is 0. The third-order valence-corrected chi connectivity index (χ3v) is 3.54. The second-order valence-corrected chi connectivity index (χ2v) is 5.43. The van der Waals surface area contributed by atoms with Gasteiger partial charge in [-0.2, -0.15) is 0 Å². The van der Waals surface area contributed by atoms with Crippen LogP contribution in [0.3, 0.4) is 0 Å². The summed E-state index contributed by atoms with van der Waals surface area (Å²) in [5, 5.41) is 14.3. The molecule has 21 heavy (non-hydrogen) atoms. The first-order valence-electron chi connectivity index (χ1n) is 7.62. The van der Waals surface area contributed by atoms with Crippen molar-refractivity contribution in [2.75, 3.05) is 7.11 Å². The van der Waals surface area contributed by atoms with Crippen molar-refractivity contribution in [3.63, 3.8) is 0 Å². The molecule has 0 bridgehead atoms. The first-order chi connectivity index (χ1) is 10.1. The van der Waals surface area contributed by atoms with Crippen LogP contribution in [0.5, 0.6) is 5.75 Å². The minimum Gasteiger partial charge on any atom is -0.496 e. The van der Waals surface area contributed by atoms with E-state index in [1.165, 1.54) is 38.9 Å². The molecule has 118 valence electrons. The highest BCUT2D eigenvalue weighted by Crippen LogP contribution is 2.22. The van der Waals surface area contributed by atoms with Gasteiger partial charge >= 0.3 is 0 Å². The molecule has 0 radical (unpaired) electrons. The number of nitrogens with one attached hydrogen (secondary N) is 1. The Morgan fingerprint density at radius 3 is 2.67 bits per heavy atom. The van der Waals surface area contributed by atoms with E-state index in [1.807, 2.05) is 6.07 Å². The van der Waals surface area contributed by atoms with Crippen molar-refractivity contribution in [1.29, 1.82) is 0 Å². The van der Waals surface area contributed by atoms with Crippen LogP contribution in [0.15, 0.2) is 18.2 Å². The highest BCUT2D eigenvalue weighted by atomic mass is 16.6. The quantitative estimate of drug-likeness (QED) is 0.401. The van der Waals surface area contributed by atoms with Gasteiger partial charge in [-0.3, -0.25) is 10.1 Å². The second kappa shape index (κ2) is 9.34. The summed E-state index contributed by atoms with van der Waals surface area (Å²) in [6.07, 6.45) is 6.16. The zero-order valence-electron chi connectivity index (χ0n) is 13.2. The number of nitro benzene ring substituents is 1. The van der Waals surface area contributed by atoms with Crippen molar-refractivity contribution >= 4 is 5.69 Å². The van der Waals surface area contributed by atoms with Crippen molar-refractivity contribution in [3.05, 3.63) is 33.9 Å². The predicted molar refractivity (Wildman–Crippen MR) is 84.7 cm³/mol. The highest BCUT2D eigenvalue weighted by Gasteiger charge is 2.10. The van der Waals surface area contributed by atoms with Crippen LogP contribution in [-0.2, 0) is 6.54 Å². The Labute approximate surface area is 126 Å². The lowest BCUT2D eigenvalue weighted by Gasteiger charge is -2.14. The fourth-order valence-electron chi connectivity index (χ4n) is 2.24. The van der Waals surface area contributed by atoms with Gasteiger partial charge in [0.05, 0.1) is 18.1 Å². The summed E-state index contributed by atoms with van der Waals surface area (Å²) in [5.74, 6) is 0.525. The molecule has 0 aliphatic carbocycles. The summed E-state index contributed by atoms with van der Waals surface area (Å²) in [7, 11) is 1.52. The highest BCUT2D eigenvalue weighted by molar-refractivity contribution is 5.42. The summed E-state index contributed by atoms with van der Waals surface area (Å²) in [6.45, 7) is 4.98. The van der Waals surface area contributed by atoms with Crippen LogP contribution < -0.4 is 10.1 Å². The van der Waals surface area contributed by atoms with Gasteiger partial charge in [0, 0.05) is 18.7 Å². The van der Waals surface area contributed by atoms with Crippen LogP contribution in [0, 0.1) is 10.1 Å². The maximum absolute atomic E-state index is 10.9. The van der Waals surface area contributed by atoms with Crippen LogP contribution in [-0.4, -0.2) is 18.1 Å². The molecule has 0 amide bonds. The SMILES string of the molecule is CCCCCCC(C)NCc1cc(OC)cc([N+](=O)[O-])c1. The molecule has 1 aromatic rings. The van der Waals surface area contributed by atoms with Crippen LogP contribution in [0.2, 0.25) is 0 Å². The Hall–Kier alpha value is -1.62. The molecule has 1 rings (SSSR count). The average molecular weight is 294 g/mol. The molecule has 0 spiro atoms. The molecular formula is C16H26N2O3. The predicted octanol–water partition coefficient (Wildman–Crippen LogP) is 4.05. The van der Waals surface area contributed by atoms with Gasteiger partial charge < -0.3 is 10.1 Å². The van der Waals surface area contributed by atoms with Crippen molar-refractivity contribution in [3.8, 4) is 5.75 Å². The molecule has 0 saturated carbocycles. The summed E-state index contributed by atoms with van der Waals surface area (Å²) < 4.78 is 5.11. The Morgan fingerprint density at radius 2 is 2.05 bits per heavy atom. The minimum absolute atomic E-state index is 0.0711. The molecule has 0 aliphatic heterocycles. The van der Waals surface area contributed by atoms with E-state index >= 15 is 0 Å². The minimum atomic E-state index is -0.389. The van der Waals surface area contributed by atoms with Crippen LogP contribution in [0.1, 0.15) is 51.5 Å². The molecule has 1 unspecified atom stereocenters. The third-order valence-electron chi connectivity index (χ3n) is 3.54. The van der Waals surface area contributed by atoms with E-state index < -0.39 is 0 Å². The number of methoxy groups -OCH3 is 1. The largest absolute Gasteiger partial charge is 0.496 e. The Morgan fingerprint density at radius 1 is 1.29 bits per heavy atom. The zero-order chi connectivity index (χ0) is 15.7. The lowest BCUT2D eigenvalue weighted by atomic mass is 10.1. The van der Waals surface area contributed by atoms with Gasteiger partial charge in [-0.15, -0.1) is 0 Å². The molecule has 0 heterocycles. The monoisotopic (exact) mass is 294 g/mol. The Balaban J connectivity index is 2.50. The van der Waals surface area contributed by atoms with E-state index in [9.17, 15) is 10.1 Å². The number of ether oxygens (including phenoxy) is 1. The van der Waals surface area contributed by atoms with E-state index in [2.05, 4.69) is 19.2 Å². The number of benzene rings is 1. The van der Waals surface area contributed by atoms with Gasteiger partial charge in [-0.1, -0.05) is 32.6 Å². The molecule has 1 aromatic carbocycles. The van der Waals surface area contributed by atoms with Gasteiger partial charge in [-0.25, -0.2) is 0 Å². The lowest BCUT2D eigenvalue weighted by molar-refractivity contribution is -0.385. The molecule has 0 saturated heterocycles. The Kier molecular flexibility index (Phi) is 7.75. The van der Waals surface area contributed by atoms with E-state index in [0.717, 1.165) is 12.0 Å². The number of nitro groups is 1. The van der Waals surface area contributed by atoms with Gasteiger partial charge in [0.1, 0.15) is 5.75 Å². The molecule has 1 N–H and O–H groups in total. The van der Waals surface area contributed by atoms with Gasteiger partial charge in [-0.05, 0) is 25.0 Å². The lowest BCUT2D eigenvalue weighted by Crippen LogP contribution is -2.25. The smallest absolute Gasteiger partial charge is 0.273 e. The van der Waals surface area contributed by atoms with Crippen LogP contribution in [0.4, 0.5) is 5.69 Å². The number of nitrogens with zero attached hydrogens (tertiary/aromatic N) is 1. The van der Waals surface area contributed by atoms with Crippen molar-refractivity contribution in [2.45, 2.75) is 58.5 Å². The zero-order valence-corrected chi connectivity index (χ0v) is 13.2. The molecule has 0 fully saturated rings. The third kappa shape index (κ3) is 6.58. The maximum atomic E-state index is 10.9. The molecule has 5 heteroatoms. The summed E-state index contributed by atoms with van der Waals surface area (Å²) in [5.41, 5.74) is 0.947. The summed E-state index contributed by atoms with van der Waals surface area (Å²) in [4.78, 5) is 10.5. The second-order valence-electron chi connectivity index (χ2n) is 5.43. The number of non-ortho nitro benzene ring substituents is 1. The van der Waals surface area contributed by atoms with Gasteiger partial charge in [0.2, 0.25) is 0 Å². The van der Waals surface area contributed by atoms with Crippen molar-refractivity contribution < 1.29 is 9.66 Å². The summed E-state index contributed by atoms with van der Waals surface area (Å²) in [6, 6.07) is 5.29. The fraction of sp³-hybridized carbons (Fsp3) is 0.625. The van der Waals surface area contributed by atoms with Crippen LogP contribution in [0.25, 0.3) is 0 Å².